The number of hydrogen-bond donors (Lipinski definition) is 2. The zero-order valence-corrected chi connectivity index (χ0v) is 10.5. The minimum Gasteiger partial charge on any atom is -0.345 e. The monoisotopic (exact) mass is 252 g/mol. The van der Waals surface area contributed by atoms with E-state index < -0.39 is 0 Å². The van der Waals surface area contributed by atoms with Gasteiger partial charge in [-0.1, -0.05) is 48.5 Å². The Labute approximate surface area is 112 Å². The van der Waals surface area contributed by atoms with Crippen LogP contribution in [0.5, 0.6) is 0 Å². The van der Waals surface area contributed by atoms with Crippen molar-refractivity contribution in [2.45, 2.75) is 12.0 Å². The van der Waals surface area contributed by atoms with E-state index in [9.17, 15) is 4.79 Å². The summed E-state index contributed by atoms with van der Waals surface area (Å²) in [5, 5.41) is 3.07. The van der Waals surface area contributed by atoms with Crippen LogP contribution >= 0.6 is 0 Å². The maximum atomic E-state index is 12.2. The van der Waals surface area contributed by atoms with Crippen molar-refractivity contribution in [3.05, 3.63) is 71.3 Å². The van der Waals surface area contributed by atoms with E-state index in [4.69, 9.17) is 5.73 Å². The summed E-state index contributed by atoms with van der Waals surface area (Å²) in [6.45, 7) is 0.511. The van der Waals surface area contributed by atoms with Crippen LogP contribution in [-0.2, 0) is 0 Å². The van der Waals surface area contributed by atoms with Gasteiger partial charge in [-0.15, -0.1) is 0 Å². The Morgan fingerprint density at radius 1 is 1.00 bits per heavy atom. The molecule has 3 nitrogen and oxygen atoms in total. The molecule has 0 radical (unpaired) electrons. The fraction of sp³-hybridized carbons (Fsp3) is 0.188. The molecule has 1 heterocycles. The Kier molecular flexibility index (Phi) is 3.05. The molecule has 1 aliphatic heterocycles. The van der Waals surface area contributed by atoms with E-state index >= 15 is 0 Å². The molecule has 2 atom stereocenters. The van der Waals surface area contributed by atoms with Gasteiger partial charge < -0.3 is 11.1 Å². The van der Waals surface area contributed by atoms with E-state index in [-0.39, 0.29) is 17.9 Å². The van der Waals surface area contributed by atoms with Gasteiger partial charge in [-0.2, -0.15) is 0 Å². The molecule has 96 valence electrons. The van der Waals surface area contributed by atoms with Crippen molar-refractivity contribution < 1.29 is 4.79 Å². The van der Waals surface area contributed by atoms with Gasteiger partial charge in [-0.05, 0) is 17.2 Å². The summed E-state index contributed by atoms with van der Waals surface area (Å²) in [5.74, 6) is 0.102. The Morgan fingerprint density at radius 2 is 1.68 bits per heavy atom. The van der Waals surface area contributed by atoms with Crippen LogP contribution < -0.4 is 11.1 Å². The van der Waals surface area contributed by atoms with Crippen LogP contribution in [0.2, 0.25) is 0 Å². The van der Waals surface area contributed by atoms with Crippen molar-refractivity contribution >= 4 is 5.91 Å². The second-order valence-corrected chi connectivity index (χ2v) is 4.79. The van der Waals surface area contributed by atoms with Crippen LogP contribution in [0.1, 0.15) is 33.4 Å². The predicted octanol–water partition coefficient (Wildman–Crippen LogP) is 2.21. The molecule has 3 rings (SSSR count). The highest BCUT2D eigenvalue weighted by atomic mass is 16.1. The Bertz CT molecular complexity index is 595. The summed E-state index contributed by atoms with van der Waals surface area (Å²) in [4.78, 5) is 12.2. The van der Waals surface area contributed by atoms with Crippen LogP contribution in [0.15, 0.2) is 54.6 Å². The highest BCUT2D eigenvalue weighted by Crippen LogP contribution is 2.35. The average Bonchev–Trinajstić information content (AvgIpc) is 2.48. The number of carbonyl (C=O) groups excluding carboxylic acids is 1. The predicted molar refractivity (Wildman–Crippen MR) is 74.9 cm³/mol. The maximum Gasteiger partial charge on any atom is 0.252 e. The molecule has 0 fully saturated rings. The molecular weight excluding hydrogens is 236 g/mol. The third-order valence-corrected chi connectivity index (χ3v) is 3.71. The number of nitrogens with two attached hydrogens (primary N) is 1. The van der Waals surface area contributed by atoms with Crippen molar-refractivity contribution in [3.8, 4) is 0 Å². The summed E-state index contributed by atoms with van der Waals surface area (Å²) in [7, 11) is 0. The molecular formula is C16H16N2O. The molecule has 3 heteroatoms. The first-order valence-corrected chi connectivity index (χ1v) is 6.46. The van der Waals surface area contributed by atoms with E-state index in [0.717, 1.165) is 16.7 Å². The molecule has 3 N–H and O–H groups in total. The topological polar surface area (TPSA) is 55.1 Å². The molecule has 0 spiro atoms. The highest BCUT2D eigenvalue weighted by molar-refractivity contribution is 5.97. The second kappa shape index (κ2) is 4.86. The van der Waals surface area contributed by atoms with E-state index in [1.165, 1.54) is 0 Å². The molecule has 1 amide bonds. The van der Waals surface area contributed by atoms with Gasteiger partial charge in [0.25, 0.3) is 5.91 Å². The van der Waals surface area contributed by atoms with Crippen LogP contribution in [0.4, 0.5) is 0 Å². The largest absolute Gasteiger partial charge is 0.345 e. The van der Waals surface area contributed by atoms with E-state index in [2.05, 4.69) is 5.32 Å². The highest BCUT2D eigenvalue weighted by Gasteiger charge is 2.33. The van der Waals surface area contributed by atoms with E-state index in [1.54, 1.807) is 0 Å². The Balaban J connectivity index is 2.08. The summed E-state index contributed by atoms with van der Waals surface area (Å²) >= 11 is 0. The number of nitrogens with one attached hydrogen (secondary N) is 1. The van der Waals surface area contributed by atoms with Gasteiger partial charge in [-0.3, -0.25) is 4.79 Å². The van der Waals surface area contributed by atoms with Crippen molar-refractivity contribution in [2.75, 3.05) is 6.54 Å². The van der Waals surface area contributed by atoms with Gasteiger partial charge in [0.2, 0.25) is 0 Å². The van der Waals surface area contributed by atoms with Crippen LogP contribution in [0.3, 0.4) is 0 Å². The summed E-state index contributed by atoms with van der Waals surface area (Å²) in [6.07, 6.45) is 0. The minimum atomic E-state index is -0.0476. The van der Waals surface area contributed by atoms with E-state index in [1.807, 2.05) is 54.6 Å². The molecule has 2 aromatic carbocycles. The number of rotatable bonds is 2. The first-order chi connectivity index (χ1) is 9.31. The first-order valence-electron chi connectivity index (χ1n) is 6.46. The van der Waals surface area contributed by atoms with Gasteiger partial charge in [0.05, 0.1) is 6.04 Å². The standard InChI is InChI=1S/C16H16N2O/c17-10-14-12-8-4-5-9-13(12)16(19)18-15(14)11-6-2-1-3-7-11/h1-9,14-15H,10,17H2,(H,18,19)/t14-,15+/m1/s1. The Hall–Kier alpha value is -2.13. The molecule has 0 aliphatic carbocycles. The number of benzene rings is 2. The van der Waals surface area contributed by atoms with Crippen LogP contribution in [-0.4, -0.2) is 12.5 Å². The lowest BCUT2D eigenvalue weighted by Crippen LogP contribution is -2.40. The van der Waals surface area contributed by atoms with Crippen molar-refractivity contribution in [1.29, 1.82) is 0 Å². The fourth-order valence-corrected chi connectivity index (χ4v) is 2.77. The molecule has 0 saturated heterocycles. The lowest BCUT2D eigenvalue weighted by Gasteiger charge is -2.33. The molecule has 0 saturated carbocycles. The number of fused-ring (bicyclic) bond motifs is 1. The Morgan fingerprint density at radius 3 is 2.42 bits per heavy atom. The average molecular weight is 252 g/mol. The van der Waals surface area contributed by atoms with Crippen molar-refractivity contribution in [3.63, 3.8) is 0 Å². The third-order valence-electron chi connectivity index (χ3n) is 3.71. The SMILES string of the molecule is NC[C@@H]1c2ccccc2C(=O)N[C@H]1c1ccccc1. The number of amides is 1. The molecule has 0 unspecified atom stereocenters. The number of hydrogen-bond acceptors (Lipinski definition) is 2. The summed E-state index contributed by atoms with van der Waals surface area (Å²) in [6, 6.07) is 17.6. The maximum absolute atomic E-state index is 12.2. The summed E-state index contributed by atoms with van der Waals surface area (Å²) < 4.78 is 0. The molecule has 1 aliphatic rings. The second-order valence-electron chi connectivity index (χ2n) is 4.79. The van der Waals surface area contributed by atoms with Gasteiger partial charge in [0.1, 0.15) is 0 Å². The molecule has 0 aromatic heterocycles. The third kappa shape index (κ3) is 2.02. The zero-order chi connectivity index (χ0) is 13.2. The normalized spacial score (nSPS) is 21.6. The van der Waals surface area contributed by atoms with Gasteiger partial charge in [0, 0.05) is 18.0 Å². The number of carbonyl (C=O) groups is 1. The van der Waals surface area contributed by atoms with Crippen LogP contribution in [0.25, 0.3) is 0 Å². The van der Waals surface area contributed by atoms with Crippen molar-refractivity contribution in [2.24, 2.45) is 5.73 Å². The fourth-order valence-electron chi connectivity index (χ4n) is 2.77. The minimum absolute atomic E-state index is 0.0193. The van der Waals surface area contributed by atoms with E-state index in [0.29, 0.717) is 6.54 Å². The lowest BCUT2D eigenvalue weighted by molar-refractivity contribution is 0.0915. The van der Waals surface area contributed by atoms with Gasteiger partial charge in [0.15, 0.2) is 0 Å². The van der Waals surface area contributed by atoms with Crippen molar-refractivity contribution in [1.82, 2.24) is 5.32 Å². The van der Waals surface area contributed by atoms with Gasteiger partial charge in [-0.25, -0.2) is 0 Å². The zero-order valence-electron chi connectivity index (χ0n) is 10.5. The smallest absolute Gasteiger partial charge is 0.252 e. The molecule has 0 bridgehead atoms. The summed E-state index contributed by atoms with van der Waals surface area (Å²) in [5.41, 5.74) is 8.82. The molecule has 2 aromatic rings. The van der Waals surface area contributed by atoms with Crippen LogP contribution in [0, 0.1) is 0 Å². The quantitative estimate of drug-likeness (QED) is 0.861. The van der Waals surface area contributed by atoms with Gasteiger partial charge >= 0.3 is 0 Å². The molecule has 19 heavy (non-hydrogen) atoms. The lowest BCUT2D eigenvalue weighted by atomic mass is 9.81. The first kappa shape index (κ1) is 11.9.